The van der Waals surface area contributed by atoms with Crippen molar-refractivity contribution in [2.75, 3.05) is 13.2 Å². The van der Waals surface area contributed by atoms with Gasteiger partial charge in [-0.1, -0.05) is 91.0 Å². The number of ether oxygens (including phenoxy) is 4. The Morgan fingerprint density at radius 3 is 1.76 bits per heavy atom. The molecule has 1 unspecified atom stereocenters. The van der Waals surface area contributed by atoms with Crippen LogP contribution in [-0.4, -0.2) is 48.0 Å². The molecule has 1 aliphatic rings. The maximum atomic E-state index is 13.3. The maximum Gasteiger partial charge on any atom is 0.410 e. The van der Waals surface area contributed by atoms with E-state index in [2.05, 4.69) is 0 Å². The van der Waals surface area contributed by atoms with Crippen molar-refractivity contribution in [1.29, 1.82) is 0 Å². The summed E-state index contributed by atoms with van der Waals surface area (Å²) in [6.07, 6.45) is -1.10. The predicted octanol–water partition coefficient (Wildman–Crippen LogP) is 5.99. The number of hydrogen-bond donors (Lipinski definition) is 0. The van der Waals surface area contributed by atoms with Crippen LogP contribution >= 0.6 is 0 Å². The largest absolute Gasteiger partial charge is 0.444 e. The van der Waals surface area contributed by atoms with Crippen molar-refractivity contribution in [2.45, 2.75) is 64.4 Å². The topological polar surface area (TPSA) is 57.2 Å². The fourth-order valence-electron chi connectivity index (χ4n) is 4.36. The quantitative estimate of drug-likeness (QED) is 0.340. The van der Waals surface area contributed by atoms with Crippen LogP contribution in [0.3, 0.4) is 0 Å². The van der Waals surface area contributed by atoms with Crippen molar-refractivity contribution in [3.8, 4) is 0 Å². The van der Waals surface area contributed by atoms with Crippen molar-refractivity contribution >= 4 is 6.09 Å². The molecule has 0 radical (unpaired) electrons. The first-order chi connectivity index (χ1) is 17.9. The minimum atomic E-state index is -0.615. The molecule has 0 saturated carbocycles. The summed E-state index contributed by atoms with van der Waals surface area (Å²) >= 11 is 0. The first kappa shape index (κ1) is 26.9. The van der Waals surface area contributed by atoms with Gasteiger partial charge < -0.3 is 18.9 Å². The summed E-state index contributed by atoms with van der Waals surface area (Å²) in [6.45, 7) is 7.56. The van der Waals surface area contributed by atoms with Gasteiger partial charge in [-0.3, -0.25) is 4.90 Å². The highest BCUT2D eigenvalue weighted by Gasteiger charge is 2.47. The fourth-order valence-corrected chi connectivity index (χ4v) is 4.36. The number of likely N-dealkylation sites (tertiary alicyclic amines) is 1. The molecule has 4 rings (SSSR count). The van der Waals surface area contributed by atoms with Gasteiger partial charge in [-0.25, -0.2) is 4.79 Å². The van der Waals surface area contributed by atoms with Crippen molar-refractivity contribution in [2.24, 2.45) is 0 Å². The molecule has 0 N–H and O–H groups in total. The lowest BCUT2D eigenvalue weighted by Crippen LogP contribution is -2.46. The second-order valence-corrected chi connectivity index (χ2v) is 10.3. The zero-order valence-corrected chi connectivity index (χ0v) is 21.9. The molecule has 0 aliphatic carbocycles. The summed E-state index contributed by atoms with van der Waals surface area (Å²) in [6, 6.07) is 29.7. The molecule has 1 heterocycles. The number of nitrogens with zero attached hydrogens (tertiary/aromatic N) is 1. The van der Waals surface area contributed by atoms with Gasteiger partial charge in [0.15, 0.2) is 0 Å². The van der Waals surface area contributed by atoms with Crippen LogP contribution in [0.4, 0.5) is 4.79 Å². The Kier molecular flexibility index (Phi) is 9.34. The third kappa shape index (κ3) is 8.15. The first-order valence-corrected chi connectivity index (χ1v) is 12.8. The molecule has 0 spiro atoms. The van der Waals surface area contributed by atoms with Crippen molar-refractivity contribution in [3.63, 3.8) is 0 Å². The smallest absolute Gasteiger partial charge is 0.410 e. The molecule has 3 atom stereocenters. The molecular weight excluding hydrogens is 466 g/mol. The Balaban J connectivity index is 1.53. The Morgan fingerprint density at radius 1 is 0.757 bits per heavy atom. The molecule has 1 aliphatic heterocycles. The normalized spacial score (nSPS) is 19.6. The Morgan fingerprint density at radius 2 is 1.24 bits per heavy atom. The molecule has 0 bridgehead atoms. The average Bonchev–Trinajstić information content (AvgIpc) is 3.24. The minimum Gasteiger partial charge on any atom is -0.444 e. The van der Waals surface area contributed by atoms with Crippen LogP contribution in [0.1, 0.15) is 37.5 Å². The minimum absolute atomic E-state index is 0.304. The molecule has 3 aromatic carbocycles. The monoisotopic (exact) mass is 503 g/mol. The molecule has 196 valence electrons. The number of hydrogen-bond acceptors (Lipinski definition) is 5. The lowest BCUT2D eigenvalue weighted by Gasteiger charge is -2.30. The summed E-state index contributed by atoms with van der Waals surface area (Å²) < 4.78 is 24.7. The standard InChI is InChI=1S/C31H37NO5/c1-31(2,3)37-30(33)32-19-28(35-21-25-15-9-5-10-16-25)29(36-22-26-17-11-6-12-18-26)27(32)23-34-20-24-13-7-4-8-14-24/h4-18,27-29H,19-23H2,1-3H3/t27?,28-,29-/m0/s1. The van der Waals surface area contributed by atoms with E-state index in [4.69, 9.17) is 18.9 Å². The highest BCUT2D eigenvalue weighted by molar-refractivity contribution is 5.69. The van der Waals surface area contributed by atoms with E-state index < -0.39 is 5.60 Å². The summed E-state index contributed by atoms with van der Waals surface area (Å²) in [5.74, 6) is 0. The molecule has 37 heavy (non-hydrogen) atoms. The fraction of sp³-hybridized carbons (Fsp3) is 0.387. The van der Waals surface area contributed by atoms with E-state index >= 15 is 0 Å². The average molecular weight is 504 g/mol. The molecule has 0 aromatic heterocycles. The van der Waals surface area contributed by atoms with Gasteiger partial charge in [-0.15, -0.1) is 0 Å². The van der Waals surface area contributed by atoms with Crippen molar-refractivity contribution in [3.05, 3.63) is 108 Å². The Hall–Kier alpha value is -3.19. The Bertz CT molecular complexity index is 1080. The molecule has 1 amide bonds. The van der Waals surface area contributed by atoms with E-state index in [1.165, 1.54) is 0 Å². The van der Waals surface area contributed by atoms with Crippen LogP contribution in [0, 0.1) is 0 Å². The van der Waals surface area contributed by atoms with E-state index in [0.717, 1.165) is 16.7 Å². The summed E-state index contributed by atoms with van der Waals surface area (Å²) in [5, 5.41) is 0. The van der Waals surface area contributed by atoms with Crippen LogP contribution in [0.2, 0.25) is 0 Å². The lowest BCUT2D eigenvalue weighted by atomic mass is 10.1. The molecule has 6 heteroatoms. The molecule has 1 fully saturated rings. The van der Waals surface area contributed by atoms with Crippen molar-refractivity contribution < 1.29 is 23.7 Å². The zero-order valence-electron chi connectivity index (χ0n) is 21.9. The summed E-state index contributed by atoms with van der Waals surface area (Å²) in [7, 11) is 0. The highest BCUT2D eigenvalue weighted by atomic mass is 16.6. The summed E-state index contributed by atoms with van der Waals surface area (Å²) in [4.78, 5) is 15.0. The molecule has 1 saturated heterocycles. The number of carbonyl (C=O) groups is 1. The number of rotatable bonds is 10. The predicted molar refractivity (Wildman–Crippen MR) is 143 cm³/mol. The Labute approximate surface area is 220 Å². The van der Waals surface area contributed by atoms with E-state index in [9.17, 15) is 4.79 Å². The first-order valence-electron chi connectivity index (χ1n) is 12.8. The van der Waals surface area contributed by atoms with E-state index in [-0.39, 0.29) is 24.3 Å². The van der Waals surface area contributed by atoms with E-state index in [1.807, 2.05) is 112 Å². The third-order valence-electron chi connectivity index (χ3n) is 6.14. The third-order valence-corrected chi connectivity index (χ3v) is 6.14. The lowest BCUT2D eigenvalue weighted by molar-refractivity contribution is -0.0819. The van der Waals surface area contributed by atoms with Gasteiger partial charge >= 0.3 is 6.09 Å². The van der Waals surface area contributed by atoms with Crippen molar-refractivity contribution in [1.82, 2.24) is 4.90 Å². The van der Waals surface area contributed by atoms with Gasteiger partial charge in [0.05, 0.1) is 39.0 Å². The molecule has 6 nitrogen and oxygen atoms in total. The van der Waals surface area contributed by atoms with Gasteiger partial charge in [0.1, 0.15) is 17.8 Å². The van der Waals surface area contributed by atoms with Crippen LogP contribution in [0.5, 0.6) is 0 Å². The molecule has 3 aromatic rings. The van der Waals surface area contributed by atoms with Crippen LogP contribution < -0.4 is 0 Å². The van der Waals surface area contributed by atoms with Gasteiger partial charge in [0.25, 0.3) is 0 Å². The highest BCUT2D eigenvalue weighted by Crippen LogP contribution is 2.28. The van der Waals surface area contributed by atoms with Crippen LogP contribution in [-0.2, 0) is 38.8 Å². The van der Waals surface area contributed by atoms with Crippen LogP contribution in [0.15, 0.2) is 91.0 Å². The van der Waals surface area contributed by atoms with Gasteiger partial charge in [-0.2, -0.15) is 0 Å². The number of amides is 1. The van der Waals surface area contributed by atoms with E-state index in [1.54, 1.807) is 4.90 Å². The van der Waals surface area contributed by atoms with Gasteiger partial charge in [0.2, 0.25) is 0 Å². The second-order valence-electron chi connectivity index (χ2n) is 10.3. The zero-order chi connectivity index (χ0) is 26.1. The second kappa shape index (κ2) is 12.9. The van der Waals surface area contributed by atoms with Crippen LogP contribution in [0.25, 0.3) is 0 Å². The number of carbonyl (C=O) groups excluding carboxylic acids is 1. The van der Waals surface area contributed by atoms with Gasteiger partial charge in [0, 0.05) is 0 Å². The SMILES string of the molecule is CC(C)(C)OC(=O)N1C[C@H](OCc2ccccc2)[C@@H](OCc2ccccc2)C1COCc1ccccc1. The molecular formula is C31H37NO5. The summed E-state index contributed by atoms with van der Waals surface area (Å²) in [5.41, 5.74) is 2.58. The van der Waals surface area contributed by atoms with Gasteiger partial charge in [-0.05, 0) is 37.5 Å². The maximum absolute atomic E-state index is 13.3. The van der Waals surface area contributed by atoms with E-state index in [0.29, 0.717) is 33.0 Å². The number of benzene rings is 3.